The summed E-state index contributed by atoms with van der Waals surface area (Å²) in [5.41, 5.74) is 0. The second-order valence-corrected chi connectivity index (χ2v) is 4.28. The average molecular weight is 322 g/mol. The Morgan fingerprint density at radius 2 is 1.09 bits per heavy atom. The molecule has 0 heterocycles. The number of carbonyl (C=O) groups excluding carboxylic acids is 2. The van der Waals surface area contributed by atoms with Gasteiger partial charge in [-0.2, -0.15) is 0 Å². The molecule has 0 unspecified atom stereocenters. The van der Waals surface area contributed by atoms with Crippen molar-refractivity contribution in [2.45, 2.75) is 25.7 Å². The zero-order valence-electron chi connectivity index (χ0n) is 13.3. The molecule has 0 aliphatic heterocycles. The molecule has 0 aliphatic carbocycles. The molecule has 0 saturated heterocycles. The van der Waals surface area contributed by atoms with Crippen molar-refractivity contribution in [1.82, 2.24) is 0 Å². The minimum Gasteiger partial charge on any atom is -0.463 e. The maximum Gasteiger partial charge on any atom is 0.305 e. The van der Waals surface area contributed by atoms with Gasteiger partial charge in [0, 0.05) is 27.1 Å². The lowest BCUT2D eigenvalue weighted by Gasteiger charge is -2.06. The molecule has 0 fully saturated rings. The number of unbranched alkanes of at least 4 members (excludes halogenated alkanes) is 1. The van der Waals surface area contributed by atoms with Gasteiger partial charge in [0.2, 0.25) is 0 Å². The number of carbonyl (C=O) groups is 2. The van der Waals surface area contributed by atoms with Crippen molar-refractivity contribution >= 4 is 11.9 Å². The Morgan fingerprint density at radius 3 is 1.45 bits per heavy atom. The van der Waals surface area contributed by atoms with E-state index in [-0.39, 0.29) is 51.6 Å². The SMILES string of the molecule is COCOCCOC(=O)CCCCC(=O)OCCOCOC. The number of ether oxygens (including phenoxy) is 6. The smallest absolute Gasteiger partial charge is 0.305 e. The van der Waals surface area contributed by atoms with Gasteiger partial charge in [-0.1, -0.05) is 0 Å². The summed E-state index contributed by atoms with van der Waals surface area (Å²) in [6, 6.07) is 0. The van der Waals surface area contributed by atoms with Crippen LogP contribution in [0.15, 0.2) is 0 Å². The van der Waals surface area contributed by atoms with Gasteiger partial charge < -0.3 is 28.4 Å². The van der Waals surface area contributed by atoms with Gasteiger partial charge in [0.15, 0.2) is 0 Å². The minimum atomic E-state index is -0.303. The van der Waals surface area contributed by atoms with Crippen molar-refractivity contribution in [1.29, 1.82) is 0 Å². The molecule has 130 valence electrons. The van der Waals surface area contributed by atoms with E-state index in [9.17, 15) is 9.59 Å². The molecule has 0 atom stereocenters. The maximum atomic E-state index is 11.3. The van der Waals surface area contributed by atoms with Crippen LogP contribution in [0.25, 0.3) is 0 Å². The van der Waals surface area contributed by atoms with Crippen LogP contribution in [0.4, 0.5) is 0 Å². The minimum absolute atomic E-state index is 0.177. The summed E-state index contributed by atoms with van der Waals surface area (Å²) in [5, 5.41) is 0. The van der Waals surface area contributed by atoms with Crippen molar-refractivity contribution in [3.8, 4) is 0 Å². The standard InChI is InChI=1S/C14H26O8/c1-17-11-19-7-9-21-13(15)5-3-4-6-14(16)22-10-8-20-12-18-2/h3-12H2,1-2H3. The average Bonchev–Trinajstić information content (AvgIpc) is 2.51. The molecular weight excluding hydrogens is 296 g/mol. The first-order chi connectivity index (χ1) is 10.7. The molecule has 0 rings (SSSR count). The fourth-order valence-corrected chi connectivity index (χ4v) is 1.40. The Balaban J connectivity index is 3.32. The zero-order chi connectivity index (χ0) is 16.5. The number of hydrogen-bond donors (Lipinski definition) is 0. The second kappa shape index (κ2) is 16.2. The third-order valence-electron chi connectivity index (χ3n) is 2.40. The van der Waals surface area contributed by atoms with Gasteiger partial charge in [0.05, 0.1) is 13.2 Å². The van der Waals surface area contributed by atoms with Gasteiger partial charge in [0.25, 0.3) is 0 Å². The van der Waals surface area contributed by atoms with Gasteiger partial charge in [-0.05, 0) is 12.8 Å². The van der Waals surface area contributed by atoms with Crippen LogP contribution >= 0.6 is 0 Å². The third kappa shape index (κ3) is 15.2. The Hall–Kier alpha value is -1.22. The normalized spacial score (nSPS) is 10.5. The van der Waals surface area contributed by atoms with E-state index in [1.54, 1.807) is 0 Å². The zero-order valence-corrected chi connectivity index (χ0v) is 13.3. The van der Waals surface area contributed by atoms with Gasteiger partial charge in [-0.15, -0.1) is 0 Å². The van der Waals surface area contributed by atoms with Crippen LogP contribution in [0.5, 0.6) is 0 Å². The molecular formula is C14H26O8. The van der Waals surface area contributed by atoms with E-state index in [1.807, 2.05) is 0 Å². The van der Waals surface area contributed by atoms with Crippen LogP contribution in [-0.2, 0) is 38.0 Å². The Labute approximate surface area is 130 Å². The molecule has 0 N–H and O–H groups in total. The van der Waals surface area contributed by atoms with E-state index >= 15 is 0 Å². The van der Waals surface area contributed by atoms with E-state index < -0.39 is 0 Å². The van der Waals surface area contributed by atoms with Crippen molar-refractivity contribution in [2.75, 3.05) is 54.2 Å². The van der Waals surface area contributed by atoms with Gasteiger partial charge >= 0.3 is 11.9 Å². The Bertz CT molecular complexity index is 254. The van der Waals surface area contributed by atoms with Gasteiger partial charge in [0.1, 0.15) is 26.8 Å². The molecule has 0 bridgehead atoms. The summed E-state index contributed by atoms with van der Waals surface area (Å²) >= 11 is 0. The quantitative estimate of drug-likeness (QED) is 0.249. The first-order valence-corrected chi connectivity index (χ1v) is 7.15. The molecule has 0 aliphatic rings. The molecule has 0 amide bonds. The number of esters is 2. The summed E-state index contributed by atoms with van der Waals surface area (Å²) in [5.74, 6) is -0.607. The first-order valence-electron chi connectivity index (χ1n) is 7.15. The molecule has 8 nitrogen and oxygen atoms in total. The number of rotatable bonds is 15. The van der Waals surface area contributed by atoms with Crippen LogP contribution in [0.2, 0.25) is 0 Å². The third-order valence-corrected chi connectivity index (χ3v) is 2.40. The Kier molecular flexibility index (Phi) is 15.3. The van der Waals surface area contributed by atoms with Crippen LogP contribution < -0.4 is 0 Å². The second-order valence-electron chi connectivity index (χ2n) is 4.28. The van der Waals surface area contributed by atoms with E-state index in [2.05, 4.69) is 9.47 Å². The Morgan fingerprint density at radius 1 is 0.682 bits per heavy atom. The van der Waals surface area contributed by atoms with Crippen molar-refractivity contribution in [3.05, 3.63) is 0 Å². The highest BCUT2D eigenvalue weighted by atomic mass is 16.7. The molecule has 0 radical (unpaired) electrons. The van der Waals surface area contributed by atoms with E-state index in [0.29, 0.717) is 26.1 Å². The van der Waals surface area contributed by atoms with E-state index in [4.69, 9.17) is 18.9 Å². The van der Waals surface area contributed by atoms with Crippen molar-refractivity contribution in [3.63, 3.8) is 0 Å². The predicted molar refractivity (Wildman–Crippen MR) is 76.0 cm³/mol. The molecule has 8 heteroatoms. The molecule has 0 aromatic rings. The van der Waals surface area contributed by atoms with Crippen molar-refractivity contribution < 1.29 is 38.0 Å². The lowest BCUT2D eigenvalue weighted by atomic mass is 10.2. The van der Waals surface area contributed by atoms with Crippen LogP contribution in [0.3, 0.4) is 0 Å². The molecule has 0 aromatic carbocycles. The monoisotopic (exact) mass is 322 g/mol. The highest BCUT2D eigenvalue weighted by molar-refractivity contribution is 5.70. The predicted octanol–water partition coefficient (Wildman–Crippen LogP) is 0.874. The number of methoxy groups -OCH3 is 2. The summed E-state index contributed by atoms with van der Waals surface area (Å²) in [4.78, 5) is 22.7. The lowest BCUT2D eigenvalue weighted by Crippen LogP contribution is -2.12. The first kappa shape index (κ1) is 20.8. The number of hydrogen-bond acceptors (Lipinski definition) is 8. The highest BCUT2D eigenvalue weighted by Crippen LogP contribution is 2.03. The largest absolute Gasteiger partial charge is 0.463 e. The summed E-state index contributed by atoms with van der Waals surface area (Å²) in [7, 11) is 3.04. The maximum absolute atomic E-state index is 11.3. The lowest BCUT2D eigenvalue weighted by molar-refractivity contribution is -0.148. The van der Waals surface area contributed by atoms with Crippen molar-refractivity contribution in [2.24, 2.45) is 0 Å². The van der Waals surface area contributed by atoms with Gasteiger partial charge in [-0.3, -0.25) is 9.59 Å². The highest BCUT2D eigenvalue weighted by Gasteiger charge is 2.06. The topological polar surface area (TPSA) is 89.5 Å². The molecule has 0 saturated carbocycles. The van der Waals surface area contributed by atoms with Crippen LogP contribution in [0.1, 0.15) is 25.7 Å². The van der Waals surface area contributed by atoms with E-state index in [1.165, 1.54) is 14.2 Å². The van der Waals surface area contributed by atoms with Gasteiger partial charge in [-0.25, -0.2) is 0 Å². The summed E-state index contributed by atoms with van der Waals surface area (Å²) in [6.45, 7) is 1.36. The van der Waals surface area contributed by atoms with E-state index in [0.717, 1.165) is 0 Å². The molecule has 22 heavy (non-hydrogen) atoms. The fraction of sp³-hybridized carbons (Fsp3) is 0.857. The summed E-state index contributed by atoms with van der Waals surface area (Å²) < 4.78 is 29.2. The van der Waals surface area contributed by atoms with Crippen LogP contribution in [0, 0.1) is 0 Å². The molecule has 0 aromatic heterocycles. The molecule has 0 spiro atoms. The van der Waals surface area contributed by atoms with Crippen LogP contribution in [-0.4, -0.2) is 66.2 Å². The fourth-order valence-electron chi connectivity index (χ4n) is 1.40. The summed E-state index contributed by atoms with van der Waals surface area (Å²) in [6.07, 6.45) is 1.70.